The van der Waals surface area contributed by atoms with Crippen LogP contribution < -0.4 is 5.32 Å². The van der Waals surface area contributed by atoms with Crippen molar-refractivity contribution < 1.29 is 5.11 Å². The molecule has 1 aromatic rings. The molecule has 2 aliphatic heterocycles. The molecule has 0 aliphatic carbocycles. The Morgan fingerprint density at radius 3 is 2.95 bits per heavy atom. The second-order valence-electron chi connectivity index (χ2n) is 5.78. The predicted molar refractivity (Wildman–Crippen MR) is 73.6 cm³/mol. The first kappa shape index (κ1) is 13.1. The molecule has 19 heavy (non-hydrogen) atoms. The third kappa shape index (κ3) is 3.16. The number of likely N-dealkylation sites (tertiary alicyclic amines) is 1. The van der Waals surface area contributed by atoms with E-state index in [0.717, 1.165) is 58.5 Å². The van der Waals surface area contributed by atoms with Gasteiger partial charge in [0.25, 0.3) is 0 Å². The van der Waals surface area contributed by atoms with Gasteiger partial charge >= 0.3 is 0 Å². The van der Waals surface area contributed by atoms with Crippen LogP contribution in [0.3, 0.4) is 0 Å². The van der Waals surface area contributed by atoms with Gasteiger partial charge in [-0.05, 0) is 50.9 Å². The van der Waals surface area contributed by atoms with E-state index in [-0.39, 0.29) is 0 Å². The molecule has 0 unspecified atom stereocenters. The zero-order chi connectivity index (χ0) is 13.1. The Morgan fingerprint density at radius 2 is 2.16 bits per heavy atom. The molecule has 0 spiro atoms. The van der Waals surface area contributed by atoms with E-state index in [1.165, 1.54) is 11.4 Å². The van der Waals surface area contributed by atoms with Crippen molar-refractivity contribution in [2.75, 3.05) is 26.2 Å². The van der Waals surface area contributed by atoms with Crippen LogP contribution in [-0.2, 0) is 19.6 Å². The van der Waals surface area contributed by atoms with E-state index >= 15 is 0 Å². The van der Waals surface area contributed by atoms with Crippen molar-refractivity contribution in [1.82, 2.24) is 20.0 Å². The molecule has 1 aromatic heterocycles. The van der Waals surface area contributed by atoms with Gasteiger partial charge in [0.05, 0.1) is 11.4 Å². The number of hydrogen-bond donors (Lipinski definition) is 2. The number of aliphatic hydroxyl groups excluding tert-OH is 1. The van der Waals surface area contributed by atoms with Crippen molar-refractivity contribution in [3.63, 3.8) is 0 Å². The van der Waals surface area contributed by atoms with Crippen molar-refractivity contribution in [1.29, 1.82) is 0 Å². The van der Waals surface area contributed by atoms with Gasteiger partial charge in [0.2, 0.25) is 0 Å². The van der Waals surface area contributed by atoms with Crippen LogP contribution in [0.4, 0.5) is 0 Å². The number of hydrogen-bond acceptors (Lipinski definition) is 4. The van der Waals surface area contributed by atoms with E-state index < -0.39 is 0 Å². The van der Waals surface area contributed by atoms with E-state index in [4.69, 9.17) is 10.2 Å². The quantitative estimate of drug-likeness (QED) is 0.838. The molecule has 106 valence electrons. The van der Waals surface area contributed by atoms with E-state index in [0.29, 0.717) is 12.5 Å². The van der Waals surface area contributed by atoms with Crippen LogP contribution in [0.5, 0.6) is 0 Å². The highest BCUT2D eigenvalue weighted by Crippen LogP contribution is 2.18. The van der Waals surface area contributed by atoms with Gasteiger partial charge in [-0.3, -0.25) is 9.58 Å². The molecule has 5 nitrogen and oxygen atoms in total. The summed E-state index contributed by atoms with van der Waals surface area (Å²) in [6.07, 6.45) is 3.40. The standard InChI is InChI=1S/C14H24N4O/c19-11-12-2-6-17(7-3-12)10-13-8-14-9-15-4-1-5-18(14)16-13/h8,12,15,19H,1-7,9-11H2. The summed E-state index contributed by atoms with van der Waals surface area (Å²) < 4.78 is 2.16. The molecule has 3 rings (SSSR count). The smallest absolute Gasteiger partial charge is 0.0768 e. The van der Waals surface area contributed by atoms with Gasteiger partial charge < -0.3 is 10.4 Å². The lowest BCUT2D eigenvalue weighted by atomic mass is 9.98. The first-order valence-corrected chi connectivity index (χ1v) is 7.44. The number of fused-ring (bicyclic) bond motifs is 1. The maximum Gasteiger partial charge on any atom is 0.0768 e. The lowest BCUT2D eigenvalue weighted by Crippen LogP contribution is -2.34. The fraction of sp³-hybridized carbons (Fsp3) is 0.786. The number of aryl methyl sites for hydroxylation is 1. The van der Waals surface area contributed by atoms with Crippen molar-refractivity contribution in [3.8, 4) is 0 Å². The summed E-state index contributed by atoms with van der Waals surface area (Å²) in [4.78, 5) is 2.46. The van der Waals surface area contributed by atoms with Crippen LogP contribution in [0.2, 0.25) is 0 Å². The first-order chi connectivity index (χ1) is 9.35. The Hall–Kier alpha value is -0.910. The van der Waals surface area contributed by atoms with E-state index in [1.807, 2.05) is 0 Å². The number of piperidine rings is 1. The number of aromatic nitrogens is 2. The monoisotopic (exact) mass is 264 g/mol. The molecule has 0 radical (unpaired) electrons. The van der Waals surface area contributed by atoms with Crippen LogP contribution >= 0.6 is 0 Å². The van der Waals surface area contributed by atoms with Crippen molar-refractivity contribution in [2.24, 2.45) is 5.92 Å². The van der Waals surface area contributed by atoms with Gasteiger partial charge in [-0.15, -0.1) is 0 Å². The number of nitrogens with zero attached hydrogens (tertiary/aromatic N) is 3. The summed E-state index contributed by atoms with van der Waals surface area (Å²) in [6.45, 7) is 6.55. The van der Waals surface area contributed by atoms with Gasteiger partial charge in [-0.1, -0.05) is 0 Å². The average molecular weight is 264 g/mol. The molecule has 2 aliphatic rings. The number of rotatable bonds is 3. The normalized spacial score (nSPS) is 22.2. The summed E-state index contributed by atoms with van der Waals surface area (Å²) in [5.74, 6) is 0.513. The van der Waals surface area contributed by atoms with Crippen LogP contribution in [0, 0.1) is 5.92 Å². The molecule has 2 N–H and O–H groups in total. The molecular formula is C14H24N4O. The molecule has 0 aromatic carbocycles. The Labute approximate surface area is 114 Å². The molecule has 5 heteroatoms. The van der Waals surface area contributed by atoms with Crippen LogP contribution in [0.1, 0.15) is 30.7 Å². The minimum absolute atomic E-state index is 0.346. The van der Waals surface area contributed by atoms with Crippen molar-refractivity contribution in [3.05, 3.63) is 17.5 Å². The average Bonchev–Trinajstić information content (AvgIpc) is 2.69. The zero-order valence-electron chi connectivity index (χ0n) is 11.5. The molecule has 3 heterocycles. The van der Waals surface area contributed by atoms with Gasteiger partial charge in [-0.25, -0.2) is 0 Å². The minimum atomic E-state index is 0.346. The van der Waals surface area contributed by atoms with E-state index in [1.54, 1.807) is 0 Å². The largest absolute Gasteiger partial charge is 0.396 e. The summed E-state index contributed by atoms with van der Waals surface area (Å²) in [6, 6.07) is 2.25. The van der Waals surface area contributed by atoms with Crippen molar-refractivity contribution in [2.45, 2.75) is 38.9 Å². The highest BCUT2D eigenvalue weighted by molar-refractivity contribution is 5.11. The second kappa shape index (κ2) is 6.03. The molecule has 1 fully saturated rings. The fourth-order valence-corrected chi connectivity index (χ4v) is 3.05. The predicted octanol–water partition coefficient (Wildman–Crippen LogP) is 0.581. The molecule has 0 bridgehead atoms. The minimum Gasteiger partial charge on any atom is -0.396 e. The Bertz CT molecular complexity index is 386. The molecule has 0 atom stereocenters. The zero-order valence-corrected chi connectivity index (χ0v) is 11.5. The Kier molecular flexibility index (Phi) is 4.15. The van der Waals surface area contributed by atoms with Crippen molar-refractivity contribution >= 4 is 0 Å². The highest BCUT2D eigenvalue weighted by atomic mass is 16.3. The lowest BCUT2D eigenvalue weighted by molar-refractivity contribution is 0.126. The summed E-state index contributed by atoms with van der Waals surface area (Å²) in [5, 5.41) is 17.3. The highest BCUT2D eigenvalue weighted by Gasteiger charge is 2.20. The van der Waals surface area contributed by atoms with Gasteiger partial charge in [0, 0.05) is 26.2 Å². The summed E-state index contributed by atoms with van der Waals surface area (Å²) in [5.41, 5.74) is 2.51. The summed E-state index contributed by atoms with van der Waals surface area (Å²) in [7, 11) is 0. The third-order valence-corrected chi connectivity index (χ3v) is 4.29. The van der Waals surface area contributed by atoms with Gasteiger partial charge in [0.15, 0.2) is 0 Å². The fourth-order valence-electron chi connectivity index (χ4n) is 3.05. The lowest BCUT2D eigenvalue weighted by Gasteiger charge is -2.30. The summed E-state index contributed by atoms with van der Waals surface area (Å²) >= 11 is 0. The third-order valence-electron chi connectivity index (χ3n) is 4.29. The van der Waals surface area contributed by atoms with Crippen LogP contribution in [0.15, 0.2) is 6.07 Å². The first-order valence-electron chi connectivity index (χ1n) is 7.44. The molecule has 0 amide bonds. The maximum atomic E-state index is 9.16. The second-order valence-corrected chi connectivity index (χ2v) is 5.78. The topological polar surface area (TPSA) is 53.3 Å². The van der Waals surface area contributed by atoms with E-state index in [9.17, 15) is 0 Å². The molecule has 1 saturated heterocycles. The van der Waals surface area contributed by atoms with Gasteiger partial charge in [-0.2, -0.15) is 5.10 Å². The SMILES string of the molecule is OCC1CCN(Cc2cc3n(n2)CCCNC3)CC1. The Balaban J connectivity index is 1.58. The van der Waals surface area contributed by atoms with Gasteiger partial charge in [0.1, 0.15) is 0 Å². The molecular weight excluding hydrogens is 240 g/mol. The maximum absolute atomic E-state index is 9.16. The van der Waals surface area contributed by atoms with Crippen LogP contribution in [-0.4, -0.2) is 46.0 Å². The number of nitrogens with one attached hydrogen (secondary N) is 1. The molecule has 0 saturated carbocycles. The van der Waals surface area contributed by atoms with E-state index in [2.05, 4.69) is 21.0 Å². The number of aliphatic hydroxyl groups is 1. The Morgan fingerprint density at radius 1 is 1.32 bits per heavy atom. The van der Waals surface area contributed by atoms with Crippen LogP contribution in [0.25, 0.3) is 0 Å².